The predicted octanol–water partition coefficient (Wildman–Crippen LogP) is 4.61. The summed E-state index contributed by atoms with van der Waals surface area (Å²) in [4.78, 5) is 4.13. The molecule has 22 heavy (non-hydrogen) atoms. The van der Waals surface area contributed by atoms with Crippen LogP contribution < -0.4 is 0 Å². The molecule has 0 N–H and O–H groups in total. The molecule has 0 spiro atoms. The van der Waals surface area contributed by atoms with E-state index in [0.29, 0.717) is 0 Å². The molecule has 3 aromatic rings. The number of pyridine rings is 1. The third-order valence-corrected chi connectivity index (χ3v) is 4.52. The molecule has 0 radical (unpaired) electrons. The molecular weight excluding hydrogens is 275 g/mol. The highest BCUT2D eigenvalue weighted by molar-refractivity contribution is 5.85. The number of rotatable bonds is 2. The zero-order chi connectivity index (χ0) is 15.1. The number of aromatic nitrogens is 2. The van der Waals surface area contributed by atoms with Crippen LogP contribution in [-0.4, -0.2) is 9.55 Å². The predicted molar refractivity (Wildman–Crippen MR) is 86.1 cm³/mol. The molecule has 2 nitrogen and oxygen atoms in total. The van der Waals surface area contributed by atoms with Crippen LogP contribution in [0, 0.1) is 12.7 Å². The van der Waals surface area contributed by atoms with E-state index in [2.05, 4.69) is 16.5 Å². The minimum atomic E-state index is -0.196. The number of hydrogen-bond donors (Lipinski definition) is 0. The second kappa shape index (κ2) is 5.09. The van der Waals surface area contributed by atoms with Gasteiger partial charge in [-0.05, 0) is 55.2 Å². The minimum Gasteiger partial charge on any atom is -0.344 e. The van der Waals surface area contributed by atoms with Gasteiger partial charge in [0.15, 0.2) is 0 Å². The van der Waals surface area contributed by atoms with Crippen molar-refractivity contribution in [2.75, 3.05) is 0 Å². The van der Waals surface area contributed by atoms with Gasteiger partial charge in [-0.25, -0.2) is 4.39 Å². The summed E-state index contributed by atoms with van der Waals surface area (Å²) < 4.78 is 15.7. The Hall–Kier alpha value is -2.42. The topological polar surface area (TPSA) is 17.8 Å². The van der Waals surface area contributed by atoms with Gasteiger partial charge in [-0.1, -0.05) is 12.1 Å². The second-order valence-electron chi connectivity index (χ2n) is 5.79. The summed E-state index contributed by atoms with van der Waals surface area (Å²) >= 11 is 0. The molecular formula is C19H17FN2. The second-order valence-corrected chi connectivity index (χ2v) is 5.79. The van der Waals surface area contributed by atoms with E-state index >= 15 is 0 Å². The molecule has 0 aliphatic carbocycles. The zero-order valence-corrected chi connectivity index (χ0v) is 12.5. The molecule has 2 aromatic heterocycles. The van der Waals surface area contributed by atoms with Crippen LogP contribution in [0.2, 0.25) is 0 Å². The van der Waals surface area contributed by atoms with Crippen molar-refractivity contribution in [1.82, 2.24) is 9.55 Å². The molecule has 3 heteroatoms. The van der Waals surface area contributed by atoms with Gasteiger partial charge in [-0.3, -0.25) is 4.98 Å². The molecule has 0 fully saturated rings. The standard InChI is InChI=1S/C19H17FN2/c1-13-17-3-2-12-22(17)19(15-8-10-21-11-9-15)18(13)14-4-6-16(20)7-5-14/h4-11H,2-3,12H2,1H3. The van der Waals surface area contributed by atoms with E-state index < -0.39 is 0 Å². The number of benzene rings is 1. The highest BCUT2D eigenvalue weighted by Gasteiger charge is 2.25. The third kappa shape index (κ3) is 1.97. The van der Waals surface area contributed by atoms with Crippen LogP contribution in [0.15, 0.2) is 48.8 Å². The van der Waals surface area contributed by atoms with Gasteiger partial charge in [0.05, 0.1) is 5.69 Å². The Labute approximate surface area is 129 Å². The minimum absolute atomic E-state index is 0.196. The lowest BCUT2D eigenvalue weighted by molar-refractivity contribution is 0.628. The molecule has 110 valence electrons. The van der Waals surface area contributed by atoms with Crippen molar-refractivity contribution in [2.24, 2.45) is 0 Å². The maximum atomic E-state index is 13.3. The maximum Gasteiger partial charge on any atom is 0.123 e. The fraction of sp³-hybridized carbons (Fsp3) is 0.211. The van der Waals surface area contributed by atoms with Gasteiger partial charge >= 0.3 is 0 Å². The third-order valence-electron chi connectivity index (χ3n) is 4.52. The average molecular weight is 292 g/mol. The van der Waals surface area contributed by atoms with E-state index in [9.17, 15) is 4.39 Å². The molecule has 1 aliphatic heterocycles. The molecule has 4 rings (SSSR count). The first kappa shape index (κ1) is 13.3. The van der Waals surface area contributed by atoms with Gasteiger partial charge in [0.25, 0.3) is 0 Å². The summed E-state index contributed by atoms with van der Waals surface area (Å²) in [7, 11) is 0. The van der Waals surface area contributed by atoms with E-state index in [4.69, 9.17) is 0 Å². The van der Waals surface area contributed by atoms with Gasteiger partial charge in [-0.15, -0.1) is 0 Å². The lowest BCUT2D eigenvalue weighted by Crippen LogP contribution is -1.96. The van der Waals surface area contributed by atoms with E-state index in [1.807, 2.05) is 36.7 Å². The van der Waals surface area contributed by atoms with E-state index in [-0.39, 0.29) is 5.82 Å². The van der Waals surface area contributed by atoms with Gasteiger partial charge < -0.3 is 4.57 Å². The van der Waals surface area contributed by atoms with Crippen molar-refractivity contribution < 1.29 is 4.39 Å². The Balaban J connectivity index is 2.00. The van der Waals surface area contributed by atoms with Crippen molar-refractivity contribution in [3.8, 4) is 22.4 Å². The average Bonchev–Trinajstić information content (AvgIpc) is 3.12. The highest BCUT2D eigenvalue weighted by Crippen LogP contribution is 2.41. The van der Waals surface area contributed by atoms with Crippen LogP contribution in [0.1, 0.15) is 17.7 Å². The van der Waals surface area contributed by atoms with Crippen LogP contribution >= 0.6 is 0 Å². The van der Waals surface area contributed by atoms with Crippen LogP contribution in [0.25, 0.3) is 22.4 Å². The molecule has 0 saturated carbocycles. The number of halogens is 1. The Kier molecular flexibility index (Phi) is 3.07. The molecule has 1 aliphatic rings. The quantitative estimate of drug-likeness (QED) is 0.674. The lowest BCUT2D eigenvalue weighted by atomic mass is 9.97. The summed E-state index contributed by atoms with van der Waals surface area (Å²) in [5.74, 6) is -0.196. The zero-order valence-electron chi connectivity index (χ0n) is 12.5. The fourth-order valence-electron chi connectivity index (χ4n) is 3.55. The summed E-state index contributed by atoms with van der Waals surface area (Å²) in [6.45, 7) is 3.23. The van der Waals surface area contributed by atoms with Gasteiger partial charge in [0.2, 0.25) is 0 Å². The first-order valence-electron chi connectivity index (χ1n) is 7.64. The monoisotopic (exact) mass is 292 g/mol. The van der Waals surface area contributed by atoms with Crippen LogP contribution in [0.4, 0.5) is 4.39 Å². The van der Waals surface area contributed by atoms with E-state index in [1.165, 1.54) is 46.6 Å². The Bertz CT molecular complexity index is 817. The normalized spacial score (nSPS) is 13.4. The SMILES string of the molecule is Cc1c(-c2ccc(F)cc2)c(-c2ccncc2)n2c1CCC2. The first-order chi connectivity index (χ1) is 10.8. The van der Waals surface area contributed by atoms with E-state index in [1.54, 1.807) is 0 Å². The maximum absolute atomic E-state index is 13.3. The summed E-state index contributed by atoms with van der Waals surface area (Å²) in [5.41, 5.74) is 7.43. The largest absolute Gasteiger partial charge is 0.344 e. The molecule has 3 heterocycles. The first-order valence-corrected chi connectivity index (χ1v) is 7.64. The van der Waals surface area contributed by atoms with Crippen LogP contribution in [-0.2, 0) is 13.0 Å². The Morgan fingerprint density at radius 2 is 1.73 bits per heavy atom. The van der Waals surface area contributed by atoms with E-state index in [0.717, 1.165) is 18.5 Å². The van der Waals surface area contributed by atoms with Crippen molar-refractivity contribution in [2.45, 2.75) is 26.3 Å². The van der Waals surface area contributed by atoms with Gasteiger partial charge in [-0.2, -0.15) is 0 Å². The number of nitrogens with zero attached hydrogens (tertiary/aromatic N) is 2. The fourth-order valence-corrected chi connectivity index (χ4v) is 3.55. The van der Waals surface area contributed by atoms with Gasteiger partial charge in [0.1, 0.15) is 5.82 Å². The molecule has 0 unspecified atom stereocenters. The summed E-state index contributed by atoms with van der Waals surface area (Å²) in [6, 6.07) is 10.9. The Morgan fingerprint density at radius 3 is 2.45 bits per heavy atom. The lowest BCUT2D eigenvalue weighted by Gasteiger charge is -2.10. The number of hydrogen-bond acceptors (Lipinski definition) is 1. The Morgan fingerprint density at radius 1 is 1.00 bits per heavy atom. The van der Waals surface area contributed by atoms with Crippen LogP contribution in [0.5, 0.6) is 0 Å². The van der Waals surface area contributed by atoms with Crippen molar-refractivity contribution >= 4 is 0 Å². The molecule has 0 amide bonds. The van der Waals surface area contributed by atoms with Gasteiger partial charge in [0, 0.05) is 35.8 Å². The molecule has 0 bridgehead atoms. The summed E-state index contributed by atoms with van der Waals surface area (Å²) in [6.07, 6.45) is 5.96. The molecule has 0 saturated heterocycles. The molecule has 0 atom stereocenters. The van der Waals surface area contributed by atoms with Crippen molar-refractivity contribution in [3.63, 3.8) is 0 Å². The van der Waals surface area contributed by atoms with Crippen LogP contribution in [0.3, 0.4) is 0 Å². The smallest absolute Gasteiger partial charge is 0.123 e. The van der Waals surface area contributed by atoms with Crippen molar-refractivity contribution in [1.29, 1.82) is 0 Å². The van der Waals surface area contributed by atoms with Crippen molar-refractivity contribution in [3.05, 3.63) is 65.9 Å². The number of fused-ring (bicyclic) bond motifs is 1. The highest BCUT2D eigenvalue weighted by atomic mass is 19.1. The molecule has 1 aromatic carbocycles. The summed E-state index contributed by atoms with van der Waals surface area (Å²) in [5, 5.41) is 0.